The van der Waals surface area contributed by atoms with Gasteiger partial charge < -0.3 is 5.32 Å². The molecule has 1 heterocycles. The third-order valence-electron chi connectivity index (χ3n) is 3.74. The summed E-state index contributed by atoms with van der Waals surface area (Å²) in [7, 11) is -4.12. The summed E-state index contributed by atoms with van der Waals surface area (Å²) in [6.07, 6.45) is -3.82. The highest BCUT2D eigenvalue weighted by Crippen LogP contribution is 2.33. The summed E-state index contributed by atoms with van der Waals surface area (Å²) in [5.74, 6) is -1.49. The largest absolute Gasteiger partial charge is 0.419 e. The Labute approximate surface area is 144 Å². The summed E-state index contributed by atoms with van der Waals surface area (Å²) >= 11 is 0. The van der Waals surface area contributed by atoms with Crippen molar-refractivity contribution in [1.82, 2.24) is 9.62 Å². The van der Waals surface area contributed by atoms with Crippen LogP contribution < -0.4 is 5.32 Å². The molecule has 1 saturated heterocycles. The van der Waals surface area contributed by atoms with Gasteiger partial charge in [0.2, 0.25) is 10.0 Å². The lowest BCUT2D eigenvalue weighted by atomic mass is 10.2. The smallest absolute Gasteiger partial charge is 0.315 e. The van der Waals surface area contributed by atoms with Crippen molar-refractivity contribution in [2.75, 3.05) is 19.6 Å². The van der Waals surface area contributed by atoms with E-state index >= 15 is 0 Å². The van der Waals surface area contributed by atoms with Gasteiger partial charge >= 0.3 is 6.18 Å². The van der Waals surface area contributed by atoms with Crippen LogP contribution in [0, 0.1) is 5.82 Å². The van der Waals surface area contributed by atoms with E-state index in [-0.39, 0.29) is 25.0 Å². The Morgan fingerprint density at radius 2 is 2.00 bits per heavy atom. The van der Waals surface area contributed by atoms with Crippen LogP contribution in [0.4, 0.5) is 17.6 Å². The van der Waals surface area contributed by atoms with Gasteiger partial charge in [-0.25, -0.2) is 12.8 Å². The van der Waals surface area contributed by atoms with Crippen molar-refractivity contribution in [3.63, 3.8) is 0 Å². The van der Waals surface area contributed by atoms with Crippen LogP contribution in [0.2, 0.25) is 0 Å². The van der Waals surface area contributed by atoms with E-state index in [9.17, 15) is 26.0 Å². The van der Waals surface area contributed by atoms with Crippen molar-refractivity contribution in [3.8, 4) is 0 Å². The highest BCUT2D eigenvalue weighted by molar-refractivity contribution is 7.89. The zero-order valence-electron chi connectivity index (χ0n) is 12.9. The summed E-state index contributed by atoms with van der Waals surface area (Å²) in [5, 5.41) is 3.03. The lowest BCUT2D eigenvalue weighted by Gasteiger charge is -2.27. The van der Waals surface area contributed by atoms with E-state index < -0.39 is 32.5 Å². The lowest BCUT2D eigenvalue weighted by Crippen LogP contribution is -2.42. The minimum absolute atomic E-state index is 0. The molecule has 4 nitrogen and oxygen atoms in total. The Kier molecular flexibility index (Phi) is 7.04. The zero-order chi connectivity index (χ0) is 17.3. The van der Waals surface area contributed by atoms with Crippen LogP contribution in [0.3, 0.4) is 0 Å². The van der Waals surface area contributed by atoms with E-state index in [4.69, 9.17) is 0 Å². The fourth-order valence-corrected chi connectivity index (χ4v) is 4.40. The molecule has 1 atom stereocenters. The van der Waals surface area contributed by atoms with Crippen LogP contribution in [0.1, 0.15) is 25.3 Å². The Morgan fingerprint density at radius 3 is 2.50 bits per heavy atom. The molecular weight excluding hydrogens is 372 g/mol. The molecule has 0 saturated carbocycles. The molecule has 10 heteroatoms. The normalized spacial score (nSPS) is 18.7. The molecule has 1 aliphatic heterocycles. The van der Waals surface area contributed by atoms with Crippen molar-refractivity contribution in [3.05, 3.63) is 29.6 Å². The average Bonchev–Trinajstić information content (AvgIpc) is 2.97. The Hall–Kier alpha value is -0.900. The van der Waals surface area contributed by atoms with Crippen LogP contribution in [-0.4, -0.2) is 38.4 Å². The van der Waals surface area contributed by atoms with Gasteiger partial charge in [-0.05, 0) is 37.6 Å². The molecule has 1 aliphatic rings. The lowest BCUT2D eigenvalue weighted by molar-refractivity contribution is -0.140. The van der Waals surface area contributed by atoms with Crippen LogP contribution in [0.25, 0.3) is 0 Å². The second-order valence-electron chi connectivity index (χ2n) is 5.40. The molecule has 2 rings (SSSR count). The van der Waals surface area contributed by atoms with Crippen molar-refractivity contribution in [2.24, 2.45) is 0 Å². The standard InChI is InChI=1S/C14H18F4N2O2S.ClH/c1-2-7-20(10-5-6-19-9-10)23(21,22)11-3-4-13(15)12(8-11)14(16,17)18;/h3-4,8,10,19H,2,5-7,9H2,1H3;1H. The average molecular weight is 391 g/mol. The van der Waals surface area contributed by atoms with Gasteiger partial charge in [0.1, 0.15) is 5.82 Å². The van der Waals surface area contributed by atoms with Gasteiger partial charge in [-0.2, -0.15) is 17.5 Å². The molecule has 0 bridgehead atoms. The van der Waals surface area contributed by atoms with Gasteiger partial charge in [0.25, 0.3) is 0 Å². The molecule has 1 fully saturated rings. The monoisotopic (exact) mass is 390 g/mol. The first-order valence-corrected chi connectivity index (χ1v) is 8.71. The number of nitrogens with one attached hydrogen (secondary N) is 1. The minimum atomic E-state index is -4.94. The third-order valence-corrected chi connectivity index (χ3v) is 5.68. The van der Waals surface area contributed by atoms with Gasteiger partial charge in [-0.3, -0.25) is 0 Å². The van der Waals surface area contributed by atoms with E-state index in [1.807, 2.05) is 0 Å². The van der Waals surface area contributed by atoms with Crippen LogP contribution in [0.5, 0.6) is 0 Å². The number of sulfonamides is 1. The summed E-state index contributed by atoms with van der Waals surface area (Å²) in [6.45, 7) is 3.09. The predicted octanol–water partition coefficient (Wildman–Crippen LogP) is 3.03. The molecule has 1 aromatic rings. The van der Waals surface area contributed by atoms with Gasteiger partial charge in [0, 0.05) is 19.1 Å². The zero-order valence-corrected chi connectivity index (χ0v) is 14.6. The first-order chi connectivity index (χ1) is 10.7. The predicted molar refractivity (Wildman–Crippen MR) is 84.1 cm³/mol. The van der Waals surface area contributed by atoms with Crippen LogP contribution >= 0.6 is 12.4 Å². The summed E-state index contributed by atoms with van der Waals surface area (Å²) in [4.78, 5) is -0.536. The summed E-state index contributed by atoms with van der Waals surface area (Å²) < 4.78 is 78.4. The Morgan fingerprint density at radius 1 is 1.33 bits per heavy atom. The molecule has 0 aromatic heterocycles. The first kappa shape index (κ1) is 21.1. The van der Waals surface area contributed by atoms with E-state index in [0.717, 1.165) is 6.07 Å². The number of hydrogen-bond acceptors (Lipinski definition) is 3. The number of alkyl halides is 3. The van der Waals surface area contributed by atoms with Gasteiger partial charge in [0.15, 0.2) is 0 Å². The fraction of sp³-hybridized carbons (Fsp3) is 0.571. The number of rotatable bonds is 5. The molecule has 0 aliphatic carbocycles. The van der Waals surface area contributed by atoms with Crippen molar-refractivity contribution >= 4 is 22.4 Å². The van der Waals surface area contributed by atoms with Crippen LogP contribution in [-0.2, 0) is 16.2 Å². The quantitative estimate of drug-likeness (QED) is 0.786. The van der Waals surface area contributed by atoms with Crippen molar-refractivity contribution in [1.29, 1.82) is 0 Å². The van der Waals surface area contributed by atoms with Gasteiger partial charge in [-0.15, -0.1) is 12.4 Å². The van der Waals surface area contributed by atoms with E-state index in [1.165, 1.54) is 4.31 Å². The second-order valence-corrected chi connectivity index (χ2v) is 7.29. The summed E-state index contributed by atoms with van der Waals surface area (Å²) in [6, 6.07) is 1.49. The topological polar surface area (TPSA) is 49.4 Å². The highest BCUT2D eigenvalue weighted by atomic mass is 35.5. The van der Waals surface area contributed by atoms with E-state index in [2.05, 4.69) is 5.32 Å². The molecule has 1 unspecified atom stereocenters. The highest BCUT2D eigenvalue weighted by Gasteiger charge is 2.37. The number of hydrogen-bond donors (Lipinski definition) is 1. The Balaban J connectivity index is 0.00000288. The van der Waals surface area contributed by atoms with Crippen molar-refractivity contribution in [2.45, 2.75) is 36.9 Å². The maximum absolute atomic E-state index is 13.4. The Bertz CT molecular complexity index is 661. The van der Waals surface area contributed by atoms with Gasteiger partial charge in [-0.1, -0.05) is 6.92 Å². The number of benzene rings is 1. The second kappa shape index (κ2) is 7.99. The van der Waals surface area contributed by atoms with E-state index in [0.29, 0.717) is 38.1 Å². The van der Waals surface area contributed by atoms with Gasteiger partial charge in [0.05, 0.1) is 10.5 Å². The summed E-state index contributed by atoms with van der Waals surface area (Å²) in [5.41, 5.74) is -1.57. The molecule has 138 valence electrons. The molecule has 1 N–H and O–H groups in total. The maximum Gasteiger partial charge on any atom is 0.419 e. The van der Waals surface area contributed by atoms with E-state index in [1.54, 1.807) is 6.92 Å². The third kappa shape index (κ3) is 4.38. The fourth-order valence-electron chi connectivity index (χ4n) is 2.62. The molecule has 0 amide bonds. The van der Waals surface area contributed by atoms with Crippen molar-refractivity contribution < 1.29 is 26.0 Å². The molecule has 0 spiro atoms. The molecular formula is C14H19ClF4N2O2S. The first-order valence-electron chi connectivity index (χ1n) is 7.27. The molecule has 1 aromatic carbocycles. The number of halogens is 5. The maximum atomic E-state index is 13.4. The SMILES string of the molecule is CCCN(C1CCNC1)S(=O)(=O)c1ccc(F)c(C(F)(F)F)c1.Cl. The van der Waals surface area contributed by atoms with Crippen LogP contribution in [0.15, 0.2) is 23.1 Å². The minimum Gasteiger partial charge on any atom is -0.315 e. The molecule has 24 heavy (non-hydrogen) atoms. The molecule has 0 radical (unpaired) electrons. The number of nitrogens with zero attached hydrogens (tertiary/aromatic N) is 1.